The van der Waals surface area contributed by atoms with Gasteiger partial charge < -0.3 is 5.32 Å². The Hall–Kier alpha value is -2.48. The third-order valence-corrected chi connectivity index (χ3v) is 5.95. The molecule has 1 saturated carbocycles. The van der Waals surface area contributed by atoms with Gasteiger partial charge in [0.15, 0.2) is 15.5 Å². The lowest BCUT2D eigenvalue weighted by atomic mass is 9.95. The van der Waals surface area contributed by atoms with Crippen LogP contribution in [0.5, 0.6) is 0 Å². The van der Waals surface area contributed by atoms with Crippen LogP contribution in [-0.2, 0) is 9.84 Å². The molecule has 0 amide bonds. The fourth-order valence-electron chi connectivity index (χ4n) is 3.42. The number of nitrogens with zero attached hydrogens (tertiary/aromatic N) is 4. The zero-order valence-electron chi connectivity index (χ0n) is 14.6. The number of fused-ring (bicyclic) bond motifs is 1. The van der Waals surface area contributed by atoms with Gasteiger partial charge in [0.05, 0.1) is 22.2 Å². The van der Waals surface area contributed by atoms with Gasteiger partial charge in [-0.25, -0.2) is 23.1 Å². The van der Waals surface area contributed by atoms with E-state index < -0.39 is 9.84 Å². The number of rotatable bonds is 4. The lowest BCUT2D eigenvalue weighted by Crippen LogP contribution is -2.22. The molecule has 0 unspecified atom stereocenters. The van der Waals surface area contributed by atoms with Crippen LogP contribution in [-0.4, -0.2) is 40.5 Å². The van der Waals surface area contributed by atoms with Crippen LogP contribution in [0.4, 0.5) is 5.82 Å². The highest BCUT2D eigenvalue weighted by Crippen LogP contribution is 2.26. The summed E-state index contributed by atoms with van der Waals surface area (Å²) in [6.45, 7) is 0. The van der Waals surface area contributed by atoms with Gasteiger partial charge in [-0.3, -0.25) is 0 Å². The fourth-order valence-corrected chi connectivity index (χ4v) is 4.05. The summed E-state index contributed by atoms with van der Waals surface area (Å²) in [5.74, 6) is 0.806. The molecule has 0 atom stereocenters. The highest BCUT2D eigenvalue weighted by molar-refractivity contribution is 7.90. The SMILES string of the molecule is CS(=O)(=O)c1ccc(-n2ncc3c(NC4CCCCC4)ncnc32)cc1. The summed E-state index contributed by atoms with van der Waals surface area (Å²) in [5, 5.41) is 8.84. The van der Waals surface area contributed by atoms with E-state index in [1.807, 2.05) is 0 Å². The third kappa shape index (κ3) is 3.29. The highest BCUT2D eigenvalue weighted by atomic mass is 32.2. The summed E-state index contributed by atoms with van der Waals surface area (Å²) in [6, 6.07) is 7.08. The first-order valence-electron chi connectivity index (χ1n) is 8.78. The van der Waals surface area contributed by atoms with Crippen molar-refractivity contribution in [2.75, 3.05) is 11.6 Å². The van der Waals surface area contributed by atoms with E-state index in [9.17, 15) is 8.42 Å². The zero-order chi connectivity index (χ0) is 18.1. The molecule has 1 fully saturated rings. The first-order chi connectivity index (χ1) is 12.5. The summed E-state index contributed by atoms with van der Waals surface area (Å²) in [4.78, 5) is 9.06. The van der Waals surface area contributed by atoms with Crippen molar-refractivity contribution in [3.8, 4) is 5.69 Å². The molecule has 1 N–H and O–H groups in total. The molecule has 4 rings (SSSR count). The molecule has 8 heteroatoms. The van der Waals surface area contributed by atoms with E-state index in [1.54, 1.807) is 35.1 Å². The molecule has 0 saturated heterocycles. The van der Waals surface area contributed by atoms with E-state index in [-0.39, 0.29) is 4.90 Å². The molecule has 2 aromatic heterocycles. The number of hydrogen-bond acceptors (Lipinski definition) is 6. The molecule has 1 aliphatic carbocycles. The Morgan fingerprint density at radius 2 is 1.81 bits per heavy atom. The van der Waals surface area contributed by atoms with Crippen LogP contribution in [0.25, 0.3) is 16.7 Å². The summed E-state index contributed by atoms with van der Waals surface area (Å²) in [7, 11) is -3.22. The minimum absolute atomic E-state index is 0.284. The van der Waals surface area contributed by atoms with E-state index in [1.165, 1.54) is 31.8 Å². The molecule has 136 valence electrons. The molecule has 0 radical (unpaired) electrons. The van der Waals surface area contributed by atoms with E-state index >= 15 is 0 Å². The second kappa shape index (κ2) is 6.68. The fraction of sp³-hybridized carbons (Fsp3) is 0.389. The highest BCUT2D eigenvalue weighted by Gasteiger charge is 2.17. The van der Waals surface area contributed by atoms with Gasteiger partial charge >= 0.3 is 0 Å². The molecule has 26 heavy (non-hydrogen) atoms. The van der Waals surface area contributed by atoms with Gasteiger partial charge in [-0.15, -0.1) is 0 Å². The zero-order valence-corrected chi connectivity index (χ0v) is 15.4. The Morgan fingerprint density at radius 1 is 1.08 bits per heavy atom. The second-order valence-corrected chi connectivity index (χ2v) is 8.78. The molecule has 0 bridgehead atoms. The number of sulfone groups is 1. The largest absolute Gasteiger partial charge is 0.367 e. The van der Waals surface area contributed by atoms with E-state index in [0.717, 1.165) is 29.7 Å². The number of aromatic nitrogens is 4. The quantitative estimate of drug-likeness (QED) is 0.758. The average Bonchev–Trinajstić information content (AvgIpc) is 3.07. The predicted octanol–water partition coefficient (Wildman–Crippen LogP) is 2.96. The van der Waals surface area contributed by atoms with Crippen molar-refractivity contribution in [2.24, 2.45) is 0 Å². The predicted molar refractivity (Wildman–Crippen MR) is 100 cm³/mol. The molecule has 2 heterocycles. The minimum atomic E-state index is -3.22. The molecular formula is C18H21N5O2S. The molecular weight excluding hydrogens is 350 g/mol. The molecule has 3 aromatic rings. The van der Waals surface area contributed by atoms with Crippen molar-refractivity contribution in [2.45, 2.75) is 43.0 Å². The maximum atomic E-state index is 11.6. The standard InChI is InChI=1S/C18H21N5O2S/c1-26(24,25)15-9-7-14(8-10-15)23-18-16(11-21-23)17(19-12-20-18)22-13-5-3-2-4-6-13/h7-13H,2-6H2,1H3,(H,19,20,22). The maximum absolute atomic E-state index is 11.6. The molecule has 1 aliphatic rings. The van der Waals surface area contributed by atoms with Gasteiger partial charge in [-0.1, -0.05) is 19.3 Å². The Bertz CT molecular complexity index is 1020. The van der Waals surface area contributed by atoms with E-state index in [4.69, 9.17) is 0 Å². The monoisotopic (exact) mass is 371 g/mol. The van der Waals surface area contributed by atoms with Crippen LogP contribution >= 0.6 is 0 Å². The summed E-state index contributed by atoms with van der Waals surface area (Å²) >= 11 is 0. The topological polar surface area (TPSA) is 89.8 Å². The lowest BCUT2D eigenvalue weighted by molar-refractivity contribution is 0.462. The minimum Gasteiger partial charge on any atom is -0.367 e. The number of hydrogen-bond donors (Lipinski definition) is 1. The first-order valence-corrected chi connectivity index (χ1v) is 10.7. The van der Waals surface area contributed by atoms with Crippen molar-refractivity contribution in [1.82, 2.24) is 19.7 Å². The number of benzene rings is 1. The van der Waals surface area contributed by atoms with Gasteiger partial charge in [-0.05, 0) is 37.1 Å². The summed E-state index contributed by atoms with van der Waals surface area (Å²) in [6.07, 6.45) is 10.6. The Kier molecular flexibility index (Phi) is 4.36. The van der Waals surface area contributed by atoms with E-state index in [2.05, 4.69) is 20.4 Å². The van der Waals surface area contributed by atoms with Crippen molar-refractivity contribution in [1.29, 1.82) is 0 Å². The molecule has 1 aromatic carbocycles. The summed E-state index contributed by atoms with van der Waals surface area (Å²) in [5.41, 5.74) is 1.46. The molecule has 0 spiro atoms. The smallest absolute Gasteiger partial charge is 0.175 e. The van der Waals surface area contributed by atoms with Crippen molar-refractivity contribution < 1.29 is 8.42 Å². The van der Waals surface area contributed by atoms with Gasteiger partial charge in [-0.2, -0.15) is 5.10 Å². The number of nitrogens with one attached hydrogen (secondary N) is 1. The summed E-state index contributed by atoms with van der Waals surface area (Å²) < 4.78 is 25.0. The van der Waals surface area contributed by atoms with Gasteiger partial charge in [0.2, 0.25) is 0 Å². The second-order valence-electron chi connectivity index (χ2n) is 6.76. The van der Waals surface area contributed by atoms with Crippen LogP contribution in [0, 0.1) is 0 Å². The average molecular weight is 371 g/mol. The molecule has 7 nitrogen and oxygen atoms in total. The van der Waals surface area contributed by atoms with Crippen molar-refractivity contribution in [3.05, 3.63) is 36.8 Å². The Balaban J connectivity index is 1.68. The first kappa shape index (κ1) is 17.0. The van der Waals surface area contributed by atoms with Gasteiger partial charge in [0.1, 0.15) is 12.1 Å². The van der Waals surface area contributed by atoms with Crippen molar-refractivity contribution in [3.63, 3.8) is 0 Å². The van der Waals surface area contributed by atoms with Gasteiger partial charge in [0, 0.05) is 12.3 Å². The van der Waals surface area contributed by atoms with Crippen molar-refractivity contribution >= 4 is 26.7 Å². The Morgan fingerprint density at radius 3 is 2.50 bits per heavy atom. The normalized spacial score (nSPS) is 16.0. The molecule has 0 aliphatic heterocycles. The van der Waals surface area contributed by atoms with Crippen LogP contribution in [0.2, 0.25) is 0 Å². The van der Waals surface area contributed by atoms with Gasteiger partial charge in [0.25, 0.3) is 0 Å². The maximum Gasteiger partial charge on any atom is 0.175 e. The van der Waals surface area contributed by atoms with Crippen LogP contribution in [0.3, 0.4) is 0 Å². The number of anilines is 1. The van der Waals surface area contributed by atoms with Crippen LogP contribution in [0.15, 0.2) is 41.7 Å². The van der Waals surface area contributed by atoms with E-state index in [0.29, 0.717) is 11.7 Å². The Labute approximate surface area is 152 Å². The lowest BCUT2D eigenvalue weighted by Gasteiger charge is -2.23. The van der Waals surface area contributed by atoms with Crippen LogP contribution < -0.4 is 5.32 Å². The van der Waals surface area contributed by atoms with Crippen LogP contribution in [0.1, 0.15) is 32.1 Å². The third-order valence-electron chi connectivity index (χ3n) is 4.82.